The molecule has 1 amide bonds. The average molecular weight is 539 g/mol. The van der Waals surface area contributed by atoms with Crippen LogP contribution in [0, 0.1) is 0 Å². The van der Waals surface area contributed by atoms with E-state index in [1.807, 2.05) is 6.07 Å². The van der Waals surface area contributed by atoms with E-state index in [4.69, 9.17) is 30.9 Å². The van der Waals surface area contributed by atoms with Crippen LogP contribution >= 0.6 is 11.6 Å². The zero-order chi connectivity index (χ0) is 26.8. The van der Waals surface area contributed by atoms with Gasteiger partial charge in [0.25, 0.3) is 5.91 Å². The van der Waals surface area contributed by atoms with Gasteiger partial charge in [0.05, 0.1) is 26.4 Å². The Labute approximate surface area is 218 Å². The highest BCUT2D eigenvalue weighted by Gasteiger charge is 2.29. The van der Waals surface area contributed by atoms with Crippen LogP contribution in [0.1, 0.15) is 29.4 Å². The normalized spacial score (nSPS) is 11.3. The quantitative estimate of drug-likeness (QED) is 0.259. The van der Waals surface area contributed by atoms with E-state index in [1.54, 1.807) is 35.9 Å². The van der Waals surface area contributed by atoms with Gasteiger partial charge in [-0.05, 0) is 29.8 Å². The summed E-state index contributed by atoms with van der Waals surface area (Å²) in [5, 5.41) is 15.0. The second-order valence-corrected chi connectivity index (χ2v) is 8.26. The van der Waals surface area contributed by atoms with Crippen LogP contribution in [0.15, 0.2) is 48.5 Å². The van der Waals surface area contributed by atoms with Crippen molar-refractivity contribution in [1.82, 2.24) is 14.9 Å². The van der Waals surface area contributed by atoms with Gasteiger partial charge in [0, 0.05) is 31.1 Å². The van der Waals surface area contributed by atoms with Crippen molar-refractivity contribution in [3.63, 3.8) is 0 Å². The third-order valence-corrected chi connectivity index (χ3v) is 5.31. The van der Waals surface area contributed by atoms with Crippen molar-refractivity contribution in [2.24, 2.45) is 0 Å². The van der Waals surface area contributed by atoms with Gasteiger partial charge in [-0.2, -0.15) is 13.8 Å². The van der Waals surface area contributed by atoms with Crippen LogP contribution in [0.4, 0.5) is 14.6 Å². The van der Waals surface area contributed by atoms with Crippen LogP contribution in [0.2, 0.25) is 5.02 Å². The number of carbonyl (C=O) groups excluding carboxylic acids is 1. The summed E-state index contributed by atoms with van der Waals surface area (Å²) in [5.74, 6) is -0.0857. The minimum absolute atomic E-state index is 0.0467. The molecular formula is C25H29ClF2N4O5. The molecule has 0 atom stereocenters. The lowest BCUT2D eigenvalue weighted by Crippen LogP contribution is -2.30. The fourth-order valence-electron chi connectivity index (χ4n) is 3.32. The van der Waals surface area contributed by atoms with E-state index in [-0.39, 0.29) is 61.9 Å². The number of aliphatic hydroxyl groups excluding tert-OH is 1. The molecule has 9 nitrogen and oxygen atoms in total. The second kappa shape index (κ2) is 13.2. The first-order valence-electron chi connectivity index (χ1n) is 11.6. The number of carbonyl (C=O) groups is 1. The smallest absolute Gasteiger partial charge is 0.397 e. The zero-order valence-corrected chi connectivity index (χ0v) is 21.2. The van der Waals surface area contributed by atoms with Gasteiger partial charge in [-0.25, -0.2) is 0 Å². The Morgan fingerprint density at radius 3 is 2.62 bits per heavy atom. The zero-order valence-electron chi connectivity index (χ0n) is 20.5. The SMILES string of the molecule is CCC(F)(F)Oc1cccc(Oc2nc(NC)c(C(=O)NCCOCCO)n2Cc2cccc(Cl)c2)c1. The third kappa shape index (κ3) is 8.04. The summed E-state index contributed by atoms with van der Waals surface area (Å²) in [7, 11) is 1.61. The Balaban J connectivity index is 1.94. The molecule has 3 aromatic rings. The van der Waals surface area contributed by atoms with Crippen molar-refractivity contribution in [3.8, 4) is 17.5 Å². The molecule has 1 aromatic heterocycles. The molecule has 3 rings (SSSR count). The topological polar surface area (TPSA) is 107 Å². The monoisotopic (exact) mass is 538 g/mol. The van der Waals surface area contributed by atoms with E-state index in [9.17, 15) is 13.6 Å². The number of hydrogen-bond acceptors (Lipinski definition) is 7. The van der Waals surface area contributed by atoms with Crippen molar-refractivity contribution in [1.29, 1.82) is 0 Å². The maximum absolute atomic E-state index is 13.7. The van der Waals surface area contributed by atoms with Crippen molar-refractivity contribution in [3.05, 3.63) is 64.8 Å². The fourth-order valence-corrected chi connectivity index (χ4v) is 3.53. The lowest BCUT2D eigenvalue weighted by atomic mass is 10.2. The molecule has 200 valence electrons. The number of amides is 1. The Morgan fingerprint density at radius 1 is 1.16 bits per heavy atom. The Kier molecular flexibility index (Phi) is 10.1. The van der Waals surface area contributed by atoms with E-state index < -0.39 is 18.4 Å². The highest BCUT2D eigenvalue weighted by atomic mass is 35.5. The molecule has 12 heteroatoms. The van der Waals surface area contributed by atoms with E-state index in [0.717, 1.165) is 5.56 Å². The minimum atomic E-state index is -3.32. The first-order chi connectivity index (χ1) is 17.8. The molecule has 0 unspecified atom stereocenters. The number of alkyl halides is 2. The van der Waals surface area contributed by atoms with Gasteiger partial charge >= 0.3 is 12.1 Å². The summed E-state index contributed by atoms with van der Waals surface area (Å²) < 4.78 is 44.9. The van der Waals surface area contributed by atoms with Crippen molar-refractivity contribution in [2.75, 3.05) is 38.7 Å². The molecule has 0 aliphatic carbocycles. The predicted molar refractivity (Wildman–Crippen MR) is 135 cm³/mol. The minimum Gasteiger partial charge on any atom is -0.432 e. The lowest BCUT2D eigenvalue weighted by molar-refractivity contribution is -0.177. The molecule has 0 aliphatic heterocycles. The standard InChI is InChI=1S/C25H29ClF2N4O5/c1-3-25(27,28)37-20-9-5-8-19(15-20)36-24-31-22(29-2)21(23(34)30-10-12-35-13-11-33)32(24)16-17-6-4-7-18(26)14-17/h4-9,14-15,29,33H,3,10-13,16H2,1-2H3,(H,30,34). The van der Waals surface area contributed by atoms with Crippen molar-refractivity contribution in [2.45, 2.75) is 26.0 Å². The molecule has 3 N–H and O–H groups in total. The van der Waals surface area contributed by atoms with Gasteiger partial charge < -0.3 is 30.0 Å². The number of halogens is 3. The first-order valence-corrected chi connectivity index (χ1v) is 12.0. The summed E-state index contributed by atoms with van der Waals surface area (Å²) >= 11 is 6.15. The lowest BCUT2D eigenvalue weighted by Gasteiger charge is -2.17. The Morgan fingerprint density at radius 2 is 1.92 bits per heavy atom. The van der Waals surface area contributed by atoms with Crippen LogP contribution in [-0.2, 0) is 11.3 Å². The summed E-state index contributed by atoms with van der Waals surface area (Å²) in [6.45, 7) is 1.95. The van der Waals surface area contributed by atoms with Crippen molar-refractivity contribution < 1.29 is 32.9 Å². The molecule has 0 fully saturated rings. The van der Waals surface area contributed by atoms with E-state index in [0.29, 0.717) is 5.02 Å². The van der Waals surface area contributed by atoms with Gasteiger partial charge in [-0.1, -0.05) is 36.7 Å². The van der Waals surface area contributed by atoms with Crippen LogP contribution in [0.25, 0.3) is 0 Å². The molecule has 0 bridgehead atoms. The van der Waals surface area contributed by atoms with Crippen molar-refractivity contribution >= 4 is 23.3 Å². The van der Waals surface area contributed by atoms with Gasteiger partial charge in [-0.3, -0.25) is 9.36 Å². The number of ether oxygens (including phenoxy) is 3. The first kappa shape index (κ1) is 28.2. The molecular weight excluding hydrogens is 510 g/mol. The fraction of sp³-hybridized carbons (Fsp3) is 0.360. The molecule has 37 heavy (non-hydrogen) atoms. The number of aliphatic hydroxyl groups is 1. The average Bonchev–Trinajstić information content (AvgIpc) is 3.20. The number of nitrogens with zero attached hydrogens (tertiary/aromatic N) is 2. The highest BCUT2D eigenvalue weighted by molar-refractivity contribution is 6.30. The van der Waals surface area contributed by atoms with Crippen LogP contribution in [0.3, 0.4) is 0 Å². The largest absolute Gasteiger partial charge is 0.432 e. The molecule has 2 aromatic carbocycles. The molecule has 0 spiro atoms. The number of imidazole rings is 1. The number of anilines is 1. The van der Waals surface area contributed by atoms with E-state index >= 15 is 0 Å². The maximum atomic E-state index is 13.7. The molecule has 0 aliphatic rings. The summed E-state index contributed by atoms with van der Waals surface area (Å²) in [6.07, 6.45) is -3.81. The molecule has 0 radical (unpaired) electrons. The highest BCUT2D eigenvalue weighted by Crippen LogP contribution is 2.32. The molecule has 1 heterocycles. The van der Waals surface area contributed by atoms with Crippen LogP contribution in [-0.4, -0.2) is 60.1 Å². The number of hydrogen-bond donors (Lipinski definition) is 3. The Hall–Kier alpha value is -3.41. The summed E-state index contributed by atoms with van der Waals surface area (Å²) in [5.41, 5.74) is 0.960. The number of nitrogens with one attached hydrogen (secondary N) is 2. The van der Waals surface area contributed by atoms with E-state index in [1.165, 1.54) is 25.1 Å². The third-order valence-electron chi connectivity index (χ3n) is 5.08. The predicted octanol–water partition coefficient (Wildman–Crippen LogP) is 4.54. The number of rotatable bonds is 14. The van der Waals surface area contributed by atoms with Crippen LogP contribution in [0.5, 0.6) is 17.5 Å². The summed E-state index contributed by atoms with van der Waals surface area (Å²) in [4.78, 5) is 17.6. The van der Waals surface area contributed by atoms with Gasteiger partial charge in [-0.15, -0.1) is 0 Å². The summed E-state index contributed by atoms with van der Waals surface area (Å²) in [6, 6.07) is 12.9. The van der Waals surface area contributed by atoms with Gasteiger partial charge in [0.15, 0.2) is 11.5 Å². The van der Waals surface area contributed by atoms with E-state index in [2.05, 4.69) is 15.6 Å². The van der Waals surface area contributed by atoms with Crippen LogP contribution < -0.4 is 20.1 Å². The second-order valence-electron chi connectivity index (χ2n) is 7.82. The van der Waals surface area contributed by atoms with Gasteiger partial charge in [0.2, 0.25) is 0 Å². The number of aromatic nitrogens is 2. The molecule has 0 saturated heterocycles. The Bertz CT molecular complexity index is 1190. The maximum Gasteiger partial charge on any atom is 0.397 e. The number of benzene rings is 2. The molecule has 0 saturated carbocycles. The van der Waals surface area contributed by atoms with Gasteiger partial charge in [0.1, 0.15) is 11.5 Å².